The molecular weight excluding hydrogens is 114 g/mol. The van der Waals surface area contributed by atoms with Crippen molar-refractivity contribution < 1.29 is 4.74 Å². The lowest BCUT2D eigenvalue weighted by molar-refractivity contribution is 0.176. The normalized spacial score (nSPS) is 20.4. The predicted octanol–water partition coefficient (Wildman–Crippen LogP) is 1.06. The molecule has 0 unspecified atom stereocenters. The molecule has 0 bridgehead atoms. The Kier molecular flexibility index (Phi) is 2.74. The van der Waals surface area contributed by atoms with E-state index in [2.05, 4.69) is 11.9 Å². The Hall–Kier alpha value is -0.340. The lowest BCUT2D eigenvalue weighted by Gasteiger charge is -2.06. The summed E-state index contributed by atoms with van der Waals surface area (Å²) in [6.07, 6.45) is 5.07. The molecule has 1 rings (SSSR count). The van der Waals surface area contributed by atoms with Crippen LogP contribution in [0.2, 0.25) is 0 Å². The summed E-state index contributed by atoms with van der Waals surface area (Å²) < 4.78 is 5.21. The van der Waals surface area contributed by atoms with Gasteiger partial charge in [0.25, 0.3) is 0 Å². The molecule has 0 atom stereocenters. The van der Waals surface area contributed by atoms with Crippen LogP contribution in [0, 0.1) is 6.23 Å². The van der Waals surface area contributed by atoms with E-state index in [1.54, 1.807) is 0 Å². The Morgan fingerprint density at radius 1 is 1.78 bits per heavy atom. The van der Waals surface area contributed by atoms with Crippen LogP contribution in [-0.4, -0.2) is 13.2 Å². The summed E-state index contributed by atoms with van der Waals surface area (Å²) in [6.45, 7) is 5.28. The van der Waals surface area contributed by atoms with Crippen molar-refractivity contribution in [3.8, 4) is 0 Å². The highest BCUT2D eigenvalue weighted by Crippen LogP contribution is 2.15. The number of ether oxygens (including phenoxy) is 1. The molecule has 51 valence electrons. The van der Waals surface area contributed by atoms with Gasteiger partial charge in [-0.1, -0.05) is 6.08 Å². The zero-order valence-electron chi connectivity index (χ0n) is 5.52. The van der Waals surface area contributed by atoms with Crippen molar-refractivity contribution in [1.82, 2.24) is 5.32 Å². The van der Waals surface area contributed by atoms with Crippen molar-refractivity contribution in [2.75, 3.05) is 13.2 Å². The van der Waals surface area contributed by atoms with E-state index in [0.29, 0.717) is 0 Å². The van der Waals surface area contributed by atoms with Gasteiger partial charge in [-0.15, -0.1) is 6.58 Å². The fourth-order valence-electron chi connectivity index (χ4n) is 0.826. The molecule has 2 heteroatoms. The highest BCUT2D eigenvalue weighted by Gasteiger charge is 2.14. The van der Waals surface area contributed by atoms with Gasteiger partial charge >= 0.3 is 0 Å². The molecular formula is C7H12NO. The first-order valence-electron chi connectivity index (χ1n) is 3.27. The minimum atomic E-state index is 0.815. The molecule has 9 heavy (non-hydrogen) atoms. The zero-order valence-corrected chi connectivity index (χ0v) is 5.52. The number of hydrogen-bond donors (Lipinski definition) is 1. The molecule has 0 spiro atoms. The third-order valence-corrected chi connectivity index (χ3v) is 1.27. The average Bonchev–Trinajstić information content (AvgIpc) is 2.34. The molecule has 0 aromatic heterocycles. The number of rotatable bonds is 3. The van der Waals surface area contributed by atoms with Crippen molar-refractivity contribution in [1.29, 1.82) is 0 Å². The van der Waals surface area contributed by atoms with E-state index in [-0.39, 0.29) is 0 Å². The van der Waals surface area contributed by atoms with E-state index in [1.807, 2.05) is 6.08 Å². The summed E-state index contributed by atoms with van der Waals surface area (Å²) in [7, 11) is 0. The Labute approximate surface area is 55.9 Å². The van der Waals surface area contributed by atoms with Crippen LogP contribution < -0.4 is 5.32 Å². The van der Waals surface area contributed by atoms with E-state index >= 15 is 0 Å². The van der Waals surface area contributed by atoms with Crippen LogP contribution in [0.15, 0.2) is 12.7 Å². The average molecular weight is 126 g/mol. The van der Waals surface area contributed by atoms with Crippen LogP contribution in [0.4, 0.5) is 0 Å². The van der Waals surface area contributed by atoms with Crippen molar-refractivity contribution in [2.24, 2.45) is 0 Å². The van der Waals surface area contributed by atoms with E-state index in [0.717, 1.165) is 32.2 Å². The van der Waals surface area contributed by atoms with Crippen molar-refractivity contribution in [3.63, 3.8) is 0 Å². The maximum Gasteiger partial charge on any atom is 0.162 e. The topological polar surface area (TPSA) is 21.3 Å². The molecule has 0 aromatic rings. The molecule has 1 aliphatic heterocycles. The third-order valence-electron chi connectivity index (χ3n) is 1.27. The number of nitrogens with one attached hydrogen (secondary N) is 1. The van der Waals surface area contributed by atoms with Gasteiger partial charge in [-0.05, 0) is 12.8 Å². The summed E-state index contributed by atoms with van der Waals surface area (Å²) in [4.78, 5) is 0. The molecule has 1 heterocycles. The van der Waals surface area contributed by atoms with Crippen LogP contribution in [0.5, 0.6) is 0 Å². The van der Waals surface area contributed by atoms with Gasteiger partial charge in [0.05, 0.1) is 0 Å². The van der Waals surface area contributed by atoms with Crippen molar-refractivity contribution >= 4 is 0 Å². The summed E-state index contributed by atoms with van der Waals surface area (Å²) >= 11 is 0. The second-order valence-electron chi connectivity index (χ2n) is 2.04. The minimum absolute atomic E-state index is 0.815. The van der Waals surface area contributed by atoms with Gasteiger partial charge in [0.2, 0.25) is 0 Å². The van der Waals surface area contributed by atoms with Crippen molar-refractivity contribution in [3.05, 3.63) is 18.9 Å². The van der Waals surface area contributed by atoms with Gasteiger partial charge in [0.15, 0.2) is 6.23 Å². The molecule has 0 aliphatic carbocycles. The Morgan fingerprint density at radius 3 is 3.22 bits per heavy atom. The summed E-state index contributed by atoms with van der Waals surface area (Å²) in [6, 6.07) is 0. The van der Waals surface area contributed by atoms with Gasteiger partial charge in [-0.2, -0.15) is 0 Å². The molecule has 1 N–H and O–H groups in total. The third kappa shape index (κ3) is 2.16. The Bertz CT molecular complexity index is 86.9. The summed E-state index contributed by atoms with van der Waals surface area (Å²) in [5, 5.41) is 3.11. The lowest BCUT2D eigenvalue weighted by atomic mass is 10.3. The minimum Gasteiger partial charge on any atom is -0.356 e. The van der Waals surface area contributed by atoms with Crippen molar-refractivity contribution in [2.45, 2.75) is 12.8 Å². The molecule has 1 aliphatic rings. The zero-order chi connectivity index (χ0) is 6.53. The second-order valence-corrected chi connectivity index (χ2v) is 2.04. The summed E-state index contributed by atoms with van der Waals surface area (Å²) in [5.41, 5.74) is 0. The molecule has 1 radical (unpaired) electrons. The molecule has 1 saturated heterocycles. The van der Waals surface area contributed by atoms with Gasteiger partial charge in [-0.25, -0.2) is 0 Å². The maximum absolute atomic E-state index is 5.21. The second kappa shape index (κ2) is 3.64. The van der Waals surface area contributed by atoms with Crippen LogP contribution in [0.3, 0.4) is 0 Å². The van der Waals surface area contributed by atoms with E-state index < -0.39 is 0 Å². The lowest BCUT2D eigenvalue weighted by Crippen LogP contribution is -2.19. The molecule has 1 fully saturated rings. The fourth-order valence-corrected chi connectivity index (χ4v) is 0.826. The largest absolute Gasteiger partial charge is 0.356 e. The highest BCUT2D eigenvalue weighted by atomic mass is 16.5. The quantitative estimate of drug-likeness (QED) is 0.571. The molecule has 0 amide bonds. The van der Waals surface area contributed by atoms with Gasteiger partial charge in [0.1, 0.15) is 0 Å². The highest BCUT2D eigenvalue weighted by molar-refractivity contribution is 4.83. The maximum atomic E-state index is 5.21. The summed E-state index contributed by atoms with van der Waals surface area (Å²) in [5.74, 6) is 0. The standard InChI is InChI=1S/C7H12NO/c1-2-5-8-7-4-3-6-9-7/h2,8H,1,3-6H2. The van der Waals surface area contributed by atoms with E-state index in [4.69, 9.17) is 4.74 Å². The van der Waals surface area contributed by atoms with Crippen LogP contribution in [0.25, 0.3) is 0 Å². The first kappa shape index (κ1) is 6.78. The fraction of sp³-hybridized carbons (Fsp3) is 0.571. The number of hydrogen-bond acceptors (Lipinski definition) is 2. The predicted molar refractivity (Wildman–Crippen MR) is 36.6 cm³/mol. The van der Waals surface area contributed by atoms with Crippen LogP contribution >= 0.6 is 0 Å². The smallest absolute Gasteiger partial charge is 0.162 e. The first-order valence-corrected chi connectivity index (χ1v) is 3.27. The van der Waals surface area contributed by atoms with E-state index in [1.165, 1.54) is 0 Å². The Balaban J connectivity index is 2.04. The molecule has 2 nitrogen and oxygen atoms in total. The van der Waals surface area contributed by atoms with E-state index in [9.17, 15) is 0 Å². The SMILES string of the molecule is C=CCN[C]1CCCO1. The van der Waals surface area contributed by atoms with Gasteiger partial charge < -0.3 is 4.74 Å². The van der Waals surface area contributed by atoms with Crippen LogP contribution in [0.1, 0.15) is 12.8 Å². The molecule has 0 aromatic carbocycles. The van der Waals surface area contributed by atoms with Gasteiger partial charge in [0, 0.05) is 13.2 Å². The first-order chi connectivity index (χ1) is 4.43. The van der Waals surface area contributed by atoms with Crippen LogP contribution in [-0.2, 0) is 4.74 Å². The monoisotopic (exact) mass is 126 g/mol. The molecule has 0 saturated carbocycles. The Morgan fingerprint density at radius 2 is 2.67 bits per heavy atom. The van der Waals surface area contributed by atoms with Gasteiger partial charge in [-0.3, -0.25) is 5.32 Å².